The third kappa shape index (κ3) is 4.01. The first-order valence-electron chi connectivity index (χ1n) is 4.54. The minimum atomic E-state index is -0.861. The van der Waals surface area contributed by atoms with E-state index in [1.165, 1.54) is 11.8 Å². The Labute approximate surface area is 98.7 Å². The molecule has 0 fully saturated rings. The van der Waals surface area contributed by atoms with E-state index in [1.807, 2.05) is 30.3 Å². The van der Waals surface area contributed by atoms with Crippen LogP contribution in [0.15, 0.2) is 30.3 Å². The van der Waals surface area contributed by atoms with Crippen molar-refractivity contribution in [3.8, 4) is 0 Å². The first-order valence-corrected chi connectivity index (χ1v) is 5.94. The van der Waals surface area contributed by atoms with E-state index in [0.717, 1.165) is 11.3 Å². The molecule has 1 N–H and O–H groups in total. The van der Waals surface area contributed by atoms with Crippen LogP contribution in [-0.4, -0.2) is 15.3 Å². The van der Waals surface area contributed by atoms with Crippen LogP contribution in [0.1, 0.15) is 12.5 Å². The van der Waals surface area contributed by atoms with E-state index in [-0.39, 0.29) is 0 Å². The second-order valence-corrected chi connectivity index (χ2v) is 4.87. The Balaban J connectivity index is 2.44. The minimum Gasteiger partial charge on any atom is -0.481 e. The summed E-state index contributed by atoms with van der Waals surface area (Å²) in [5.41, 5.74) is 1.16. The molecule has 4 heteroatoms. The minimum absolute atomic E-state index is 0.534. The van der Waals surface area contributed by atoms with Crippen LogP contribution >= 0.6 is 24.0 Å². The predicted molar refractivity (Wildman–Crippen MR) is 67.1 cm³/mol. The molecule has 0 spiro atoms. The maximum atomic E-state index is 10.7. The summed E-state index contributed by atoms with van der Waals surface area (Å²) in [4.78, 5) is 10.7. The normalized spacial score (nSPS) is 12.1. The summed E-state index contributed by atoms with van der Waals surface area (Å²) in [5.74, 6) is -0.689. The van der Waals surface area contributed by atoms with Crippen LogP contribution in [0.4, 0.5) is 0 Å². The van der Waals surface area contributed by atoms with E-state index >= 15 is 0 Å². The number of thioether (sulfide) groups is 1. The van der Waals surface area contributed by atoms with E-state index in [2.05, 4.69) is 0 Å². The molecule has 15 heavy (non-hydrogen) atoms. The van der Waals surface area contributed by atoms with Crippen molar-refractivity contribution in [2.45, 2.75) is 12.7 Å². The van der Waals surface area contributed by atoms with E-state index in [4.69, 9.17) is 17.3 Å². The van der Waals surface area contributed by atoms with Gasteiger partial charge in [0.25, 0.3) is 0 Å². The van der Waals surface area contributed by atoms with Crippen molar-refractivity contribution in [3.05, 3.63) is 35.9 Å². The fraction of sp³-hybridized carbons (Fsp3) is 0.273. The molecule has 1 aromatic carbocycles. The van der Waals surface area contributed by atoms with Gasteiger partial charge in [-0.15, -0.1) is 11.8 Å². The van der Waals surface area contributed by atoms with Crippen molar-refractivity contribution in [3.63, 3.8) is 0 Å². The smallest absolute Gasteiger partial charge is 0.312 e. The number of carboxylic acids is 1. The molecular formula is C11H12O2S2. The molecule has 0 amide bonds. The van der Waals surface area contributed by atoms with Crippen molar-refractivity contribution in [2.75, 3.05) is 0 Å². The average Bonchev–Trinajstić information content (AvgIpc) is 2.26. The predicted octanol–water partition coefficient (Wildman–Crippen LogP) is 2.97. The van der Waals surface area contributed by atoms with Gasteiger partial charge in [0, 0.05) is 5.75 Å². The summed E-state index contributed by atoms with van der Waals surface area (Å²) in [7, 11) is 0. The van der Waals surface area contributed by atoms with E-state index in [0.29, 0.717) is 4.20 Å². The first-order chi connectivity index (χ1) is 7.11. The molecular weight excluding hydrogens is 228 g/mol. The highest BCUT2D eigenvalue weighted by Gasteiger charge is 2.16. The molecule has 80 valence electrons. The highest BCUT2D eigenvalue weighted by molar-refractivity contribution is 8.22. The number of carboxylic acid groups (broad SMARTS) is 1. The molecule has 0 aliphatic heterocycles. The largest absolute Gasteiger partial charge is 0.481 e. The van der Waals surface area contributed by atoms with Crippen LogP contribution in [0.5, 0.6) is 0 Å². The van der Waals surface area contributed by atoms with Gasteiger partial charge in [-0.1, -0.05) is 42.5 Å². The molecule has 1 rings (SSSR count). The second-order valence-electron chi connectivity index (χ2n) is 3.15. The molecule has 0 heterocycles. The summed E-state index contributed by atoms with van der Waals surface area (Å²) in [5, 5.41) is 8.75. The lowest BCUT2D eigenvalue weighted by Gasteiger charge is -2.07. The maximum absolute atomic E-state index is 10.7. The lowest BCUT2D eigenvalue weighted by atomic mass is 10.2. The van der Waals surface area contributed by atoms with Gasteiger partial charge in [-0.25, -0.2) is 0 Å². The zero-order chi connectivity index (χ0) is 11.3. The van der Waals surface area contributed by atoms with E-state index < -0.39 is 11.9 Å². The number of hydrogen-bond donors (Lipinski definition) is 1. The Hall–Kier alpha value is -0.870. The Morgan fingerprint density at radius 2 is 2.07 bits per heavy atom. The van der Waals surface area contributed by atoms with Gasteiger partial charge in [-0.05, 0) is 12.5 Å². The average molecular weight is 240 g/mol. The Morgan fingerprint density at radius 1 is 1.47 bits per heavy atom. The maximum Gasteiger partial charge on any atom is 0.312 e. The van der Waals surface area contributed by atoms with Gasteiger partial charge < -0.3 is 5.11 Å². The van der Waals surface area contributed by atoms with E-state index in [1.54, 1.807) is 6.92 Å². The quantitative estimate of drug-likeness (QED) is 0.821. The number of carbonyl (C=O) groups is 1. The molecule has 0 aliphatic rings. The molecule has 0 saturated heterocycles. The molecule has 0 saturated carbocycles. The van der Waals surface area contributed by atoms with Gasteiger partial charge in [0.05, 0.1) is 10.1 Å². The summed E-state index contributed by atoms with van der Waals surface area (Å²) in [6.07, 6.45) is 0. The Bertz CT molecular complexity index is 349. The third-order valence-corrected chi connectivity index (χ3v) is 3.77. The zero-order valence-corrected chi connectivity index (χ0v) is 9.98. The van der Waals surface area contributed by atoms with Crippen molar-refractivity contribution in [1.29, 1.82) is 0 Å². The van der Waals surface area contributed by atoms with Gasteiger partial charge in [-0.2, -0.15) is 0 Å². The van der Waals surface area contributed by atoms with Crippen LogP contribution in [0.3, 0.4) is 0 Å². The van der Waals surface area contributed by atoms with Crippen molar-refractivity contribution in [1.82, 2.24) is 0 Å². The summed E-state index contributed by atoms with van der Waals surface area (Å²) in [6.45, 7) is 1.61. The van der Waals surface area contributed by atoms with Crippen LogP contribution < -0.4 is 0 Å². The van der Waals surface area contributed by atoms with Gasteiger partial charge >= 0.3 is 5.97 Å². The van der Waals surface area contributed by atoms with Crippen molar-refractivity contribution in [2.24, 2.45) is 5.92 Å². The number of benzene rings is 1. The molecule has 1 atom stereocenters. The van der Waals surface area contributed by atoms with Crippen molar-refractivity contribution >= 4 is 34.1 Å². The standard InChI is InChI=1S/C11H12O2S2/c1-8(10(12)13)11(14)15-7-9-5-3-2-4-6-9/h2-6,8H,7H2,1H3,(H,12,13). The number of thiocarbonyl (C=S) groups is 1. The van der Waals surface area contributed by atoms with E-state index in [9.17, 15) is 4.79 Å². The lowest BCUT2D eigenvalue weighted by molar-refractivity contribution is -0.138. The molecule has 0 aliphatic carbocycles. The molecule has 2 nitrogen and oxygen atoms in total. The molecule has 1 aromatic rings. The third-order valence-electron chi connectivity index (χ3n) is 1.95. The van der Waals surface area contributed by atoms with Gasteiger partial charge in [-0.3, -0.25) is 4.79 Å². The number of aliphatic carboxylic acids is 1. The second kappa shape index (κ2) is 5.88. The Morgan fingerprint density at radius 3 is 2.60 bits per heavy atom. The van der Waals surface area contributed by atoms with Crippen LogP contribution in [0.2, 0.25) is 0 Å². The molecule has 0 radical (unpaired) electrons. The fourth-order valence-corrected chi connectivity index (χ4v) is 2.08. The van der Waals surface area contributed by atoms with Gasteiger partial charge in [0.15, 0.2) is 0 Å². The zero-order valence-electron chi connectivity index (χ0n) is 8.34. The lowest BCUT2D eigenvalue weighted by Crippen LogP contribution is -2.16. The van der Waals surface area contributed by atoms with Gasteiger partial charge in [0.2, 0.25) is 0 Å². The fourth-order valence-electron chi connectivity index (χ4n) is 0.955. The topological polar surface area (TPSA) is 37.3 Å². The first kappa shape index (κ1) is 12.2. The molecule has 1 unspecified atom stereocenters. The monoisotopic (exact) mass is 240 g/mol. The number of hydrogen-bond acceptors (Lipinski definition) is 3. The van der Waals surface area contributed by atoms with Gasteiger partial charge in [0.1, 0.15) is 0 Å². The van der Waals surface area contributed by atoms with Crippen LogP contribution in [0, 0.1) is 5.92 Å². The number of rotatable bonds is 4. The highest BCUT2D eigenvalue weighted by atomic mass is 32.2. The summed E-state index contributed by atoms with van der Waals surface area (Å²) >= 11 is 6.45. The highest BCUT2D eigenvalue weighted by Crippen LogP contribution is 2.18. The molecule has 0 bridgehead atoms. The SMILES string of the molecule is CC(C(=O)O)C(=S)SCc1ccccc1. The van der Waals surface area contributed by atoms with Crippen molar-refractivity contribution < 1.29 is 9.90 Å². The summed E-state index contributed by atoms with van der Waals surface area (Å²) in [6, 6.07) is 9.87. The molecule has 0 aromatic heterocycles. The van der Waals surface area contributed by atoms with Crippen LogP contribution in [0.25, 0.3) is 0 Å². The van der Waals surface area contributed by atoms with Crippen LogP contribution in [-0.2, 0) is 10.5 Å². The Kier molecular flexibility index (Phi) is 4.78. The summed E-state index contributed by atoms with van der Waals surface area (Å²) < 4.78 is 0.534.